The van der Waals surface area contributed by atoms with Crippen LogP contribution in [0.4, 0.5) is 0 Å². The van der Waals surface area contributed by atoms with E-state index in [1.165, 1.54) is 0 Å². The minimum absolute atomic E-state index is 0.688. The van der Waals surface area contributed by atoms with Crippen molar-refractivity contribution in [2.75, 3.05) is 33.2 Å². The second-order valence-electron chi connectivity index (χ2n) is 5.39. The largest absolute Gasteiger partial charge is 0.454 e. The molecule has 0 amide bonds. The Morgan fingerprint density at radius 1 is 1.19 bits per heavy atom. The van der Waals surface area contributed by atoms with Crippen molar-refractivity contribution in [2.45, 2.75) is 0 Å². The molecule has 2 aromatic rings. The van der Waals surface area contributed by atoms with Crippen molar-refractivity contribution >= 4 is 28.8 Å². The van der Waals surface area contributed by atoms with E-state index in [0.717, 1.165) is 48.3 Å². The molecule has 1 aliphatic rings. The number of likely N-dealkylation sites (N-methyl/N-ethyl adjacent to an activating group) is 1. The van der Waals surface area contributed by atoms with Gasteiger partial charge in [-0.2, -0.15) is 0 Å². The predicted molar refractivity (Wildman–Crippen MR) is 89.0 cm³/mol. The summed E-state index contributed by atoms with van der Waals surface area (Å²) in [6.07, 6.45) is 0. The first-order valence-electron chi connectivity index (χ1n) is 7.10. The normalized spacial score (nSPS) is 16.2. The minimum atomic E-state index is 0.688. The smallest absolute Gasteiger partial charge is 0.162 e. The third-order valence-corrected chi connectivity index (χ3v) is 4.65. The van der Waals surface area contributed by atoms with Gasteiger partial charge in [0.2, 0.25) is 0 Å². The van der Waals surface area contributed by atoms with E-state index in [9.17, 15) is 0 Å². The van der Waals surface area contributed by atoms with Gasteiger partial charge < -0.3 is 14.2 Å². The summed E-state index contributed by atoms with van der Waals surface area (Å²) in [5, 5.41) is 0.688. The Labute approximate surface area is 135 Å². The molecule has 1 aromatic heterocycles. The molecule has 0 radical (unpaired) electrons. The van der Waals surface area contributed by atoms with Crippen molar-refractivity contribution in [2.24, 2.45) is 0 Å². The van der Waals surface area contributed by atoms with Crippen LogP contribution in [0.1, 0.15) is 5.76 Å². The van der Waals surface area contributed by atoms with Crippen LogP contribution in [0.2, 0.25) is 5.02 Å². The molecule has 0 unspecified atom stereocenters. The lowest BCUT2D eigenvalue weighted by molar-refractivity contribution is -0.883. The number of nitrogens with one attached hydrogen (secondary N) is 1. The van der Waals surface area contributed by atoms with Crippen LogP contribution in [0.25, 0.3) is 11.3 Å². The van der Waals surface area contributed by atoms with Gasteiger partial charge in [-0.1, -0.05) is 36.0 Å². The number of quaternary nitrogens is 1. The molecule has 1 aliphatic heterocycles. The highest BCUT2D eigenvalue weighted by Crippen LogP contribution is 2.29. The number of thiocarbonyl (C=S) groups is 1. The first kappa shape index (κ1) is 14.6. The van der Waals surface area contributed by atoms with E-state index in [1.54, 1.807) is 4.90 Å². The van der Waals surface area contributed by atoms with Crippen molar-refractivity contribution < 1.29 is 9.32 Å². The number of hydrogen-bond acceptors (Lipinski definition) is 2. The molecule has 0 aliphatic carbocycles. The fourth-order valence-electron chi connectivity index (χ4n) is 2.51. The maximum atomic E-state index is 6.21. The highest BCUT2D eigenvalue weighted by atomic mass is 35.5. The zero-order chi connectivity index (χ0) is 14.8. The number of piperazine rings is 1. The zero-order valence-corrected chi connectivity index (χ0v) is 13.5. The lowest BCUT2D eigenvalue weighted by Crippen LogP contribution is -3.12. The van der Waals surface area contributed by atoms with Gasteiger partial charge >= 0.3 is 0 Å². The van der Waals surface area contributed by atoms with Gasteiger partial charge in [-0.15, -0.1) is 0 Å². The lowest BCUT2D eigenvalue weighted by Gasteiger charge is -2.31. The molecule has 0 atom stereocenters. The number of furan rings is 1. The summed E-state index contributed by atoms with van der Waals surface area (Å²) in [5.41, 5.74) is 0.899. The molecule has 21 heavy (non-hydrogen) atoms. The van der Waals surface area contributed by atoms with Gasteiger partial charge in [-0.25, -0.2) is 0 Å². The van der Waals surface area contributed by atoms with Gasteiger partial charge in [-0.3, -0.25) is 0 Å². The van der Waals surface area contributed by atoms with E-state index in [-0.39, 0.29) is 0 Å². The van der Waals surface area contributed by atoms with E-state index in [2.05, 4.69) is 11.9 Å². The van der Waals surface area contributed by atoms with Crippen LogP contribution in [-0.2, 0) is 0 Å². The Hall–Kier alpha value is -1.36. The van der Waals surface area contributed by atoms with E-state index in [1.807, 2.05) is 36.4 Å². The first-order valence-corrected chi connectivity index (χ1v) is 7.89. The van der Waals surface area contributed by atoms with E-state index in [0.29, 0.717) is 5.02 Å². The zero-order valence-electron chi connectivity index (χ0n) is 11.9. The van der Waals surface area contributed by atoms with Crippen LogP contribution in [0.5, 0.6) is 0 Å². The third-order valence-electron chi connectivity index (χ3n) is 3.86. The topological polar surface area (TPSA) is 20.8 Å². The molecule has 110 valence electrons. The first-order chi connectivity index (χ1) is 10.1. The Morgan fingerprint density at radius 2 is 1.90 bits per heavy atom. The van der Waals surface area contributed by atoms with E-state index in [4.69, 9.17) is 28.2 Å². The lowest BCUT2D eigenvalue weighted by atomic mass is 10.2. The molecular weight excluding hydrogens is 304 g/mol. The van der Waals surface area contributed by atoms with Crippen LogP contribution in [-0.4, -0.2) is 43.1 Å². The Balaban J connectivity index is 1.79. The molecule has 0 saturated carbocycles. The quantitative estimate of drug-likeness (QED) is 0.856. The third kappa shape index (κ3) is 3.12. The summed E-state index contributed by atoms with van der Waals surface area (Å²) in [4.78, 5) is 4.56. The molecule has 1 fully saturated rings. The molecular formula is C16H18ClN2OS+. The van der Waals surface area contributed by atoms with Crippen LogP contribution >= 0.6 is 23.8 Å². The molecule has 0 bridgehead atoms. The van der Waals surface area contributed by atoms with Gasteiger partial charge in [0.15, 0.2) is 5.76 Å². The molecule has 3 nitrogen and oxygen atoms in total. The molecule has 0 spiro atoms. The molecule has 1 aromatic carbocycles. The van der Waals surface area contributed by atoms with Gasteiger partial charge in [0.25, 0.3) is 0 Å². The number of benzene rings is 1. The number of nitrogens with zero attached hydrogens (tertiary/aromatic N) is 1. The van der Waals surface area contributed by atoms with Gasteiger partial charge in [-0.05, 0) is 24.3 Å². The van der Waals surface area contributed by atoms with Gasteiger partial charge in [0.1, 0.15) is 10.7 Å². The van der Waals surface area contributed by atoms with Crippen molar-refractivity contribution in [1.29, 1.82) is 0 Å². The Bertz CT molecular complexity index is 647. The van der Waals surface area contributed by atoms with Gasteiger partial charge in [0.05, 0.1) is 38.2 Å². The standard InChI is InChI=1S/C16H17ClN2OS/c1-18-8-10-19(11-9-18)16(21)15-7-6-14(20-15)12-4-2-3-5-13(12)17/h2-7H,8-11H2,1H3/p+1. The second-order valence-corrected chi connectivity index (χ2v) is 6.19. The summed E-state index contributed by atoms with van der Waals surface area (Å²) >= 11 is 11.8. The van der Waals surface area contributed by atoms with Crippen LogP contribution in [0.3, 0.4) is 0 Å². The minimum Gasteiger partial charge on any atom is -0.454 e. The molecule has 5 heteroatoms. The van der Waals surface area contributed by atoms with Crippen molar-refractivity contribution in [3.8, 4) is 11.3 Å². The number of halogens is 1. The highest BCUT2D eigenvalue weighted by Gasteiger charge is 2.22. The predicted octanol–water partition coefficient (Wildman–Crippen LogP) is 2.11. The summed E-state index contributed by atoms with van der Waals surface area (Å²) in [7, 11) is 2.21. The Morgan fingerprint density at radius 3 is 2.62 bits per heavy atom. The Kier molecular flexibility index (Phi) is 4.29. The van der Waals surface area contributed by atoms with Crippen LogP contribution in [0.15, 0.2) is 40.8 Å². The maximum absolute atomic E-state index is 6.21. The SMILES string of the molecule is C[NH+]1CCN(C(=S)c2ccc(-c3ccccc3Cl)o2)CC1. The molecule has 3 rings (SSSR count). The molecule has 2 heterocycles. The molecule has 1 saturated heterocycles. The van der Waals surface area contributed by atoms with Gasteiger partial charge in [0, 0.05) is 5.56 Å². The second kappa shape index (κ2) is 6.18. The number of rotatable bonds is 2. The molecule has 1 N–H and O–H groups in total. The highest BCUT2D eigenvalue weighted by molar-refractivity contribution is 7.80. The van der Waals surface area contributed by atoms with Crippen molar-refractivity contribution in [3.05, 3.63) is 47.2 Å². The summed E-state index contributed by atoms with van der Waals surface area (Å²) in [6.45, 7) is 4.18. The van der Waals surface area contributed by atoms with Crippen LogP contribution < -0.4 is 4.90 Å². The fraction of sp³-hybridized carbons (Fsp3) is 0.312. The maximum Gasteiger partial charge on any atom is 0.162 e. The van der Waals surface area contributed by atoms with Crippen molar-refractivity contribution in [1.82, 2.24) is 4.90 Å². The fourth-order valence-corrected chi connectivity index (χ4v) is 3.03. The van der Waals surface area contributed by atoms with Crippen LogP contribution in [0, 0.1) is 0 Å². The van der Waals surface area contributed by atoms with Crippen molar-refractivity contribution in [3.63, 3.8) is 0 Å². The van der Waals surface area contributed by atoms with E-state index >= 15 is 0 Å². The average Bonchev–Trinajstić information content (AvgIpc) is 2.97. The summed E-state index contributed by atoms with van der Waals surface area (Å²) in [5.74, 6) is 1.51. The summed E-state index contributed by atoms with van der Waals surface area (Å²) in [6, 6.07) is 11.5. The summed E-state index contributed by atoms with van der Waals surface area (Å²) < 4.78 is 5.92. The monoisotopic (exact) mass is 321 g/mol. The van der Waals surface area contributed by atoms with E-state index < -0.39 is 0 Å². The number of hydrogen-bond donors (Lipinski definition) is 1. The average molecular weight is 322 g/mol.